The fourth-order valence-electron chi connectivity index (χ4n) is 1.61. The van der Waals surface area contributed by atoms with Gasteiger partial charge in [0.15, 0.2) is 0 Å². The minimum absolute atomic E-state index is 0.0543. The lowest BCUT2D eigenvalue weighted by atomic mass is 9.79. The van der Waals surface area contributed by atoms with Gasteiger partial charge in [-0.2, -0.15) is 0 Å². The zero-order valence-corrected chi connectivity index (χ0v) is 10.9. The molecule has 0 amide bonds. The van der Waals surface area contributed by atoms with Gasteiger partial charge in [-0.3, -0.25) is 0 Å². The Morgan fingerprint density at radius 3 is 2.39 bits per heavy atom. The van der Waals surface area contributed by atoms with Gasteiger partial charge < -0.3 is 19.8 Å². The summed E-state index contributed by atoms with van der Waals surface area (Å²) >= 11 is 0. The second kappa shape index (κ2) is 4.18. The molecule has 1 aliphatic heterocycles. The Labute approximate surface area is 117 Å². The van der Waals surface area contributed by atoms with Crippen molar-refractivity contribution < 1.29 is 22.3 Å². The summed E-state index contributed by atoms with van der Waals surface area (Å²) in [5.74, 6) is -0.520. The third kappa shape index (κ3) is 2.20. The number of methoxy groups -OCH3 is 1. The van der Waals surface area contributed by atoms with E-state index < -0.39 is 43.2 Å². The van der Waals surface area contributed by atoms with E-state index in [2.05, 4.69) is 0 Å². The Morgan fingerprint density at radius 2 is 1.83 bits per heavy atom. The highest BCUT2D eigenvalue weighted by Crippen LogP contribution is 2.36. The third-order valence-corrected chi connectivity index (χ3v) is 3.36. The topological polar surface area (TPSA) is 53.7 Å². The molecule has 1 aromatic rings. The molecule has 0 bridgehead atoms. The first-order valence-corrected chi connectivity index (χ1v) is 5.62. The lowest BCUT2D eigenvalue weighted by Gasteiger charge is -2.32. The molecule has 0 saturated carbocycles. The zero-order valence-electron chi connectivity index (χ0n) is 16.9. The van der Waals surface area contributed by atoms with E-state index >= 15 is 0 Å². The molecular weight excluding hydrogens is 229 g/mol. The predicted molar refractivity (Wildman–Crippen MR) is 73.1 cm³/mol. The van der Waals surface area contributed by atoms with Crippen LogP contribution in [0.2, 0.25) is 0 Å². The van der Waals surface area contributed by atoms with Crippen molar-refractivity contribution in [1.82, 2.24) is 0 Å². The molecule has 0 aliphatic carbocycles. The van der Waals surface area contributed by atoms with Crippen LogP contribution in [0.25, 0.3) is 0 Å². The smallest absolute Gasteiger partial charge is 0.495 e. The fraction of sp³-hybridized carbons (Fsp3) is 0.538. The van der Waals surface area contributed by atoms with Crippen molar-refractivity contribution in [2.24, 2.45) is 0 Å². The number of nitrogens with two attached hydrogens (primary N) is 1. The molecule has 18 heavy (non-hydrogen) atoms. The number of rotatable bonds is 2. The van der Waals surface area contributed by atoms with E-state index in [0.717, 1.165) is 0 Å². The molecule has 1 aliphatic rings. The van der Waals surface area contributed by atoms with E-state index in [9.17, 15) is 0 Å². The molecule has 98 valence electrons. The molecule has 1 aromatic carbocycles. The fourth-order valence-corrected chi connectivity index (χ4v) is 1.61. The minimum atomic E-state index is -2.85. The van der Waals surface area contributed by atoms with Gasteiger partial charge in [-0.05, 0) is 45.2 Å². The molecule has 1 heterocycles. The largest absolute Gasteiger partial charge is 0.497 e. The molecule has 0 atom stereocenters. The van der Waals surface area contributed by atoms with Gasteiger partial charge in [-0.25, -0.2) is 0 Å². The lowest BCUT2D eigenvalue weighted by Crippen LogP contribution is -2.41. The molecule has 2 N–H and O–H groups in total. The average molecular weight is 255 g/mol. The van der Waals surface area contributed by atoms with Gasteiger partial charge in [-0.15, -0.1) is 0 Å². The van der Waals surface area contributed by atoms with E-state index in [1.54, 1.807) is 0 Å². The first kappa shape index (κ1) is 7.41. The molecule has 1 saturated heterocycles. The highest BCUT2D eigenvalue weighted by atomic mass is 16.7. The second-order valence-corrected chi connectivity index (χ2v) is 5.22. The summed E-state index contributed by atoms with van der Waals surface area (Å²) < 4.78 is 62.1. The predicted octanol–water partition coefficient (Wildman–Crippen LogP) is 1.58. The molecule has 4 nitrogen and oxygen atoms in total. The molecular formula is C13H20BNO3. The van der Waals surface area contributed by atoms with E-state index in [1.165, 1.54) is 0 Å². The minimum Gasteiger partial charge on any atom is -0.497 e. The van der Waals surface area contributed by atoms with E-state index in [0.29, 0.717) is 0 Å². The maximum absolute atomic E-state index is 8.20. The quantitative estimate of drug-likeness (QED) is 0.644. The number of benzene rings is 1. The molecule has 5 heteroatoms. The van der Waals surface area contributed by atoms with Crippen LogP contribution in [0, 0.1) is 0 Å². The SMILES string of the molecule is [2H]c1c(N)c([2H])c(B2OC(C)(C)C(C)(C)O2)c([2H])c1OC([2H])([2H])[2H]. The molecule has 2 rings (SSSR count). The summed E-state index contributed by atoms with van der Waals surface area (Å²) in [4.78, 5) is 0. The van der Waals surface area contributed by atoms with Crippen molar-refractivity contribution in [3.8, 4) is 5.75 Å². The Hall–Kier alpha value is -1.20. The van der Waals surface area contributed by atoms with Gasteiger partial charge in [0, 0.05) is 11.7 Å². The summed E-state index contributed by atoms with van der Waals surface area (Å²) in [7, 11) is -3.94. The highest BCUT2D eigenvalue weighted by molar-refractivity contribution is 6.62. The molecule has 0 aromatic heterocycles. The van der Waals surface area contributed by atoms with Gasteiger partial charge >= 0.3 is 7.12 Å². The Bertz CT molecular complexity index is 661. The van der Waals surface area contributed by atoms with Gasteiger partial charge in [0.25, 0.3) is 0 Å². The van der Waals surface area contributed by atoms with Crippen molar-refractivity contribution in [3.05, 3.63) is 18.1 Å². The molecule has 0 unspecified atom stereocenters. The normalized spacial score (nSPS) is 26.6. The van der Waals surface area contributed by atoms with Crippen molar-refractivity contribution >= 4 is 18.3 Å². The average Bonchev–Trinajstić information content (AvgIpc) is 2.60. The van der Waals surface area contributed by atoms with Gasteiger partial charge in [0.05, 0.1) is 26.5 Å². The summed E-state index contributed by atoms with van der Waals surface area (Å²) in [5.41, 5.74) is 3.97. The second-order valence-electron chi connectivity index (χ2n) is 5.22. The number of ether oxygens (including phenoxy) is 1. The van der Waals surface area contributed by atoms with Crippen LogP contribution in [0.1, 0.15) is 35.9 Å². The van der Waals surface area contributed by atoms with Crippen LogP contribution in [0.15, 0.2) is 18.1 Å². The van der Waals surface area contributed by atoms with Crippen LogP contribution in [0.4, 0.5) is 5.69 Å². The molecule has 1 fully saturated rings. The van der Waals surface area contributed by atoms with Gasteiger partial charge in [-0.1, -0.05) is 0 Å². The van der Waals surface area contributed by atoms with Crippen LogP contribution in [0.3, 0.4) is 0 Å². The van der Waals surface area contributed by atoms with E-state index in [4.69, 9.17) is 28.0 Å². The zero-order chi connectivity index (χ0) is 18.7. The summed E-state index contributed by atoms with van der Waals surface area (Å²) in [6.45, 7) is 7.23. The monoisotopic (exact) mass is 255 g/mol. The van der Waals surface area contributed by atoms with Crippen LogP contribution >= 0.6 is 0 Å². The van der Waals surface area contributed by atoms with E-state index in [1.807, 2.05) is 27.7 Å². The maximum Gasteiger partial charge on any atom is 0.495 e. The number of nitrogen functional groups attached to an aromatic ring is 1. The summed E-state index contributed by atoms with van der Waals surface area (Å²) in [6.07, 6.45) is 0. The van der Waals surface area contributed by atoms with Gasteiger partial charge in [0.1, 0.15) is 5.75 Å². The van der Waals surface area contributed by atoms with Crippen molar-refractivity contribution in [2.75, 3.05) is 12.8 Å². The van der Waals surface area contributed by atoms with Crippen molar-refractivity contribution in [3.63, 3.8) is 0 Å². The first-order chi connectivity index (χ1) is 10.7. The number of hydrogen-bond donors (Lipinski definition) is 1. The Morgan fingerprint density at radius 1 is 1.22 bits per heavy atom. The molecule has 0 spiro atoms. The molecule has 0 radical (unpaired) electrons. The standard InChI is InChI=1S/C13H20BNO3/c1-12(2)13(3,4)18-14(17-12)9-6-10(15)8-11(7-9)16-5/h6-8H,15H2,1-5H3/i5D3,6D,7D,8D. The first-order valence-electron chi connectivity index (χ1n) is 8.62. The van der Waals surface area contributed by atoms with Crippen molar-refractivity contribution in [1.29, 1.82) is 0 Å². The number of hydrogen-bond acceptors (Lipinski definition) is 4. The maximum atomic E-state index is 8.20. The highest BCUT2D eigenvalue weighted by Gasteiger charge is 2.51. The van der Waals surface area contributed by atoms with Crippen molar-refractivity contribution in [2.45, 2.75) is 38.9 Å². The summed E-state index contributed by atoms with van der Waals surface area (Å²) in [5, 5.41) is 0. The lowest BCUT2D eigenvalue weighted by molar-refractivity contribution is 0.00578. The number of anilines is 1. The van der Waals surface area contributed by atoms with Crippen LogP contribution in [-0.2, 0) is 9.31 Å². The van der Waals surface area contributed by atoms with Crippen LogP contribution in [-0.4, -0.2) is 25.4 Å². The van der Waals surface area contributed by atoms with Crippen LogP contribution < -0.4 is 15.9 Å². The third-order valence-electron chi connectivity index (χ3n) is 3.36. The Kier molecular flexibility index (Phi) is 1.72. The Balaban J connectivity index is 2.60. The van der Waals surface area contributed by atoms with Crippen LogP contribution in [0.5, 0.6) is 5.75 Å². The summed E-state index contributed by atoms with van der Waals surface area (Å²) in [6, 6.07) is -1.27. The van der Waals surface area contributed by atoms with Gasteiger partial charge in [0.2, 0.25) is 0 Å². The van der Waals surface area contributed by atoms with E-state index in [-0.39, 0.29) is 17.2 Å².